The smallest absolute Gasteiger partial charge is 0.261 e. The van der Waals surface area contributed by atoms with E-state index in [-0.39, 0.29) is 4.90 Å². The van der Waals surface area contributed by atoms with Crippen molar-refractivity contribution in [3.63, 3.8) is 0 Å². The van der Waals surface area contributed by atoms with Crippen LogP contribution in [0.3, 0.4) is 0 Å². The molecule has 2 aromatic carbocycles. The first-order valence-electron chi connectivity index (χ1n) is 7.41. The lowest BCUT2D eigenvalue weighted by atomic mass is 10.2. The lowest BCUT2D eigenvalue weighted by Gasteiger charge is -2.11. The van der Waals surface area contributed by atoms with Gasteiger partial charge in [0.1, 0.15) is 5.75 Å². The van der Waals surface area contributed by atoms with Crippen molar-refractivity contribution in [2.45, 2.75) is 18.7 Å². The first kappa shape index (κ1) is 17.1. The average Bonchev–Trinajstić information content (AvgIpc) is 2.54. The first-order chi connectivity index (χ1) is 10.9. The summed E-state index contributed by atoms with van der Waals surface area (Å²) in [6.45, 7) is 5.13. The minimum Gasteiger partial charge on any atom is -0.497 e. The van der Waals surface area contributed by atoms with Gasteiger partial charge in [-0.25, -0.2) is 8.42 Å². The molecule has 124 valence electrons. The monoisotopic (exact) mass is 334 g/mol. The minimum atomic E-state index is -3.60. The standard InChI is InChI=1S/C17H22N2O3S/c1-13(2)12-18-14-4-6-15(7-5-14)19-23(20,21)17-10-8-16(22-3)9-11-17/h4-11,13,18-19H,12H2,1-3H3. The first-order valence-corrected chi connectivity index (χ1v) is 8.90. The van der Waals surface area contributed by atoms with Crippen molar-refractivity contribution in [1.82, 2.24) is 0 Å². The number of sulfonamides is 1. The van der Waals surface area contributed by atoms with Crippen LogP contribution in [-0.4, -0.2) is 22.1 Å². The molecule has 0 unspecified atom stereocenters. The second kappa shape index (κ2) is 7.37. The second-order valence-electron chi connectivity index (χ2n) is 5.63. The van der Waals surface area contributed by atoms with Crippen molar-refractivity contribution < 1.29 is 13.2 Å². The summed E-state index contributed by atoms with van der Waals surface area (Å²) in [4.78, 5) is 0.195. The fourth-order valence-corrected chi connectivity index (χ4v) is 3.01. The van der Waals surface area contributed by atoms with E-state index >= 15 is 0 Å². The molecule has 0 saturated carbocycles. The van der Waals surface area contributed by atoms with E-state index in [1.807, 2.05) is 12.1 Å². The Bertz CT molecular complexity index is 723. The van der Waals surface area contributed by atoms with Gasteiger partial charge in [-0.1, -0.05) is 13.8 Å². The van der Waals surface area contributed by atoms with Crippen LogP contribution in [0, 0.1) is 5.92 Å². The highest BCUT2D eigenvalue weighted by Crippen LogP contribution is 2.20. The molecule has 6 heteroatoms. The van der Waals surface area contributed by atoms with Crippen molar-refractivity contribution >= 4 is 21.4 Å². The number of methoxy groups -OCH3 is 1. The van der Waals surface area contributed by atoms with Crippen molar-refractivity contribution in [3.8, 4) is 5.75 Å². The van der Waals surface area contributed by atoms with Crippen LogP contribution in [-0.2, 0) is 10.0 Å². The number of benzene rings is 2. The molecule has 0 aromatic heterocycles. The maximum absolute atomic E-state index is 12.3. The molecule has 0 spiro atoms. The Morgan fingerprint density at radius 3 is 2.04 bits per heavy atom. The van der Waals surface area contributed by atoms with Crippen LogP contribution in [0.1, 0.15) is 13.8 Å². The van der Waals surface area contributed by atoms with Gasteiger partial charge in [0.25, 0.3) is 10.0 Å². The average molecular weight is 334 g/mol. The highest BCUT2D eigenvalue weighted by atomic mass is 32.2. The van der Waals surface area contributed by atoms with Crippen LogP contribution < -0.4 is 14.8 Å². The summed E-state index contributed by atoms with van der Waals surface area (Å²) < 4.78 is 32.3. The molecule has 5 nitrogen and oxygen atoms in total. The third-order valence-electron chi connectivity index (χ3n) is 3.22. The molecule has 2 rings (SSSR count). The number of anilines is 2. The van der Waals surface area contributed by atoms with Gasteiger partial charge >= 0.3 is 0 Å². The summed E-state index contributed by atoms with van der Waals surface area (Å²) in [7, 11) is -2.06. The summed E-state index contributed by atoms with van der Waals surface area (Å²) in [5.41, 5.74) is 1.49. The van der Waals surface area contributed by atoms with E-state index in [2.05, 4.69) is 23.9 Å². The van der Waals surface area contributed by atoms with Gasteiger partial charge in [-0.05, 0) is 54.4 Å². The normalized spacial score (nSPS) is 11.3. The highest BCUT2D eigenvalue weighted by Gasteiger charge is 2.14. The van der Waals surface area contributed by atoms with Gasteiger partial charge in [0, 0.05) is 17.9 Å². The molecule has 0 aliphatic rings. The van der Waals surface area contributed by atoms with Crippen LogP contribution in [0.4, 0.5) is 11.4 Å². The zero-order valence-electron chi connectivity index (χ0n) is 13.5. The maximum Gasteiger partial charge on any atom is 0.261 e. The molecular formula is C17H22N2O3S. The zero-order valence-corrected chi connectivity index (χ0v) is 14.4. The third-order valence-corrected chi connectivity index (χ3v) is 4.62. The largest absolute Gasteiger partial charge is 0.497 e. The summed E-state index contributed by atoms with van der Waals surface area (Å²) in [6.07, 6.45) is 0. The molecule has 0 amide bonds. The molecule has 0 aliphatic heterocycles. The Hall–Kier alpha value is -2.21. The fraction of sp³-hybridized carbons (Fsp3) is 0.294. The van der Waals surface area contributed by atoms with Gasteiger partial charge in [-0.15, -0.1) is 0 Å². The maximum atomic E-state index is 12.3. The Morgan fingerprint density at radius 2 is 1.52 bits per heavy atom. The minimum absolute atomic E-state index is 0.195. The van der Waals surface area contributed by atoms with E-state index in [1.165, 1.54) is 19.2 Å². The molecule has 0 bridgehead atoms. The third kappa shape index (κ3) is 4.89. The molecule has 0 radical (unpaired) electrons. The molecule has 0 saturated heterocycles. The quantitative estimate of drug-likeness (QED) is 0.812. The van der Waals surface area contributed by atoms with E-state index in [0.29, 0.717) is 17.4 Å². The number of nitrogens with one attached hydrogen (secondary N) is 2. The van der Waals surface area contributed by atoms with E-state index < -0.39 is 10.0 Å². The van der Waals surface area contributed by atoms with E-state index in [1.54, 1.807) is 24.3 Å². The lowest BCUT2D eigenvalue weighted by Crippen LogP contribution is -2.13. The Balaban J connectivity index is 2.07. The van der Waals surface area contributed by atoms with Gasteiger partial charge in [-0.3, -0.25) is 4.72 Å². The predicted molar refractivity (Wildman–Crippen MR) is 93.6 cm³/mol. The molecular weight excluding hydrogens is 312 g/mol. The molecule has 0 aliphatic carbocycles. The number of rotatable bonds is 7. The number of hydrogen-bond acceptors (Lipinski definition) is 4. The molecule has 0 atom stereocenters. The molecule has 0 fully saturated rings. The fourth-order valence-electron chi connectivity index (χ4n) is 1.95. The van der Waals surface area contributed by atoms with Crippen LogP contribution >= 0.6 is 0 Å². The SMILES string of the molecule is COc1ccc(S(=O)(=O)Nc2ccc(NCC(C)C)cc2)cc1. The van der Waals surface area contributed by atoms with Gasteiger partial charge in [0.15, 0.2) is 0 Å². The molecule has 2 aromatic rings. The van der Waals surface area contributed by atoms with E-state index in [9.17, 15) is 8.42 Å². The number of hydrogen-bond donors (Lipinski definition) is 2. The van der Waals surface area contributed by atoms with Crippen LogP contribution in [0.5, 0.6) is 5.75 Å². The van der Waals surface area contributed by atoms with Crippen molar-refractivity contribution in [2.24, 2.45) is 5.92 Å². The molecule has 0 heterocycles. The number of ether oxygens (including phenoxy) is 1. The van der Waals surface area contributed by atoms with Gasteiger partial charge in [0.05, 0.1) is 12.0 Å². The Morgan fingerprint density at radius 1 is 0.957 bits per heavy atom. The van der Waals surface area contributed by atoms with Crippen molar-refractivity contribution in [2.75, 3.05) is 23.7 Å². The summed E-state index contributed by atoms with van der Waals surface area (Å²) in [6, 6.07) is 13.5. The summed E-state index contributed by atoms with van der Waals surface area (Å²) in [5, 5.41) is 3.29. The summed E-state index contributed by atoms with van der Waals surface area (Å²) >= 11 is 0. The van der Waals surface area contributed by atoms with Gasteiger partial charge in [0.2, 0.25) is 0 Å². The Kier molecular flexibility index (Phi) is 5.50. The van der Waals surface area contributed by atoms with Crippen molar-refractivity contribution in [3.05, 3.63) is 48.5 Å². The van der Waals surface area contributed by atoms with Gasteiger partial charge in [-0.2, -0.15) is 0 Å². The Labute approximate surface area is 137 Å². The van der Waals surface area contributed by atoms with E-state index in [4.69, 9.17) is 4.74 Å². The lowest BCUT2D eigenvalue weighted by molar-refractivity contribution is 0.414. The van der Waals surface area contributed by atoms with Crippen LogP contribution in [0.15, 0.2) is 53.4 Å². The highest BCUT2D eigenvalue weighted by molar-refractivity contribution is 7.92. The molecule has 23 heavy (non-hydrogen) atoms. The zero-order chi connectivity index (χ0) is 16.9. The van der Waals surface area contributed by atoms with Crippen LogP contribution in [0.25, 0.3) is 0 Å². The molecule has 2 N–H and O–H groups in total. The van der Waals surface area contributed by atoms with E-state index in [0.717, 1.165) is 12.2 Å². The van der Waals surface area contributed by atoms with Gasteiger partial charge < -0.3 is 10.1 Å². The topological polar surface area (TPSA) is 67.4 Å². The van der Waals surface area contributed by atoms with Crippen molar-refractivity contribution in [1.29, 1.82) is 0 Å². The predicted octanol–water partition coefficient (Wildman–Crippen LogP) is 3.56. The second-order valence-corrected chi connectivity index (χ2v) is 7.32. The summed E-state index contributed by atoms with van der Waals surface area (Å²) in [5.74, 6) is 1.16. The van der Waals surface area contributed by atoms with Crippen LogP contribution in [0.2, 0.25) is 0 Å².